The van der Waals surface area contributed by atoms with E-state index in [1.165, 1.54) is 17.0 Å². The first kappa shape index (κ1) is 26.6. The Morgan fingerprint density at radius 1 is 1.06 bits per heavy atom. The minimum absolute atomic E-state index is 0.0135. The molecular formula is C24H37N3O6S. The van der Waals surface area contributed by atoms with E-state index in [0.29, 0.717) is 19.8 Å². The Balaban J connectivity index is 1.71. The summed E-state index contributed by atoms with van der Waals surface area (Å²) in [6.07, 6.45) is 3.36. The molecule has 0 bridgehead atoms. The van der Waals surface area contributed by atoms with Crippen LogP contribution in [0.15, 0.2) is 29.2 Å². The fraction of sp³-hybridized carbons (Fsp3) is 0.667. The maximum atomic E-state index is 13.3. The molecule has 3 rings (SSSR count). The normalized spacial score (nSPS) is 21.5. The van der Waals surface area contributed by atoms with Crippen LogP contribution in [-0.2, 0) is 29.1 Å². The van der Waals surface area contributed by atoms with E-state index in [-0.39, 0.29) is 35.5 Å². The summed E-state index contributed by atoms with van der Waals surface area (Å²) in [6, 6.07) is 5.66. The number of nitrogens with zero attached hydrogens (tertiary/aromatic N) is 1. The van der Waals surface area contributed by atoms with Crippen molar-refractivity contribution >= 4 is 21.8 Å². The molecule has 0 spiro atoms. The van der Waals surface area contributed by atoms with Gasteiger partial charge in [-0.25, -0.2) is 13.1 Å². The lowest BCUT2D eigenvalue weighted by molar-refractivity contribution is -0.143. The van der Waals surface area contributed by atoms with Crippen LogP contribution in [0.25, 0.3) is 0 Å². The monoisotopic (exact) mass is 495 g/mol. The van der Waals surface area contributed by atoms with Crippen LogP contribution in [0.2, 0.25) is 0 Å². The molecule has 2 fully saturated rings. The van der Waals surface area contributed by atoms with Crippen molar-refractivity contribution in [3.63, 3.8) is 0 Å². The summed E-state index contributed by atoms with van der Waals surface area (Å²) in [6.45, 7) is 7.12. The van der Waals surface area contributed by atoms with Gasteiger partial charge in [-0.2, -0.15) is 0 Å². The minimum Gasteiger partial charge on any atom is -0.376 e. The van der Waals surface area contributed by atoms with Gasteiger partial charge in [0.25, 0.3) is 0 Å². The quantitative estimate of drug-likeness (QED) is 0.482. The number of carbonyl (C=O) groups excluding carboxylic acids is 2. The number of rotatable bonds is 11. The largest absolute Gasteiger partial charge is 0.376 e. The van der Waals surface area contributed by atoms with E-state index in [1.54, 1.807) is 12.1 Å². The zero-order valence-corrected chi connectivity index (χ0v) is 21.1. The van der Waals surface area contributed by atoms with Gasteiger partial charge in [0.2, 0.25) is 21.8 Å². The van der Waals surface area contributed by atoms with Gasteiger partial charge in [-0.15, -0.1) is 0 Å². The molecular weight excluding hydrogens is 458 g/mol. The average molecular weight is 496 g/mol. The predicted molar refractivity (Wildman–Crippen MR) is 128 cm³/mol. The van der Waals surface area contributed by atoms with Gasteiger partial charge < -0.3 is 19.7 Å². The second-order valence-electron chi connectivity index (χ2n) is 9.39. The fourth-order valence-corrected chi connectivity index (χ4v) is 5.34. The van der Waals surface area contributed by atoms with Crippen molar-refractivity contribution in [1.82, 2.24) is 14.9 Å². The number of aryl methyl sites for hydroxylation is 1. The van der Waals surface area contributed by atoms with Crippen LogP contribution < -0.4 is 10.0 Å². The molecule has 0 saturated carbocycles. The lowest BCUT2D eigenvalue weighted by Crippen LogP contribution is -2.56. The minimum atomic E-state index is -3.87. The van der Waals surface area contributed by atoms with Crippen molar-refractivity contribution in [1.29, 1.82) is 0 Å². The Bertz CT molecular complexity index is 923. The zero-order chi connectivity index (χ0) is 24.7. The second-order valence-corrected chi connectivity index (χ2v) is 11.2. The highest BCUT2D eigenvalue weighted by molar-refractivity contribution is 7.89. The molecule has 9 nitrogen and oxygen atoms in total. The summed E-state index contributed by atoms with van der Waals surface area (Å²) < 4.78 is 39.1. The number of amides is 2. The van der Waals surface area contributed by atoms with Crippen LogP contribution in [0.4, 0.5) is 0 Å². The lowest BCUT2D eigenvalue weighted by Gasteiger charge is -2.35. The van der Waals surface area contributed by atoms with Crippen molar-refractivity contribution in [3.8, 4) is 0 Å². The molecule has 0 aliphatic carbocycles. The number of nitrogens with one attached hydrogen (secondary N) is 2. The molecule has 2 heterocycles. The Kier molecular flexibility index (Phi) is 9.47. The molecule has 1 aromatic rings. The molecule has 1 aromatic carbocycles. The van der Waals surface area contributed by atoms with Crippen LogP contribution in [0.1, 0.15) is 45.1 Å². The molecule has 34 heavy (non-hydrogen) atoms. The van der Waals surface area contributed by atoms with Gasteiger partial charge in [-0.05, 0) is 50.7 Å². The number of sulfonamides is 1. The van der Waals surface area contributed by atoms with Gasteiger partial charge in [0.15, 0.2) is 0 Å². The number of ether oxygens (including phenoxy) is 2. The summed E-state index contributed by atoms with van der Waals surface area (Å²) >= 11 is 0. The molecule has 3 atom stereocenters. The van der Waals surface area contributed by atoms with Crippen LogP contribution in [0.5, 0.6) is 0 Å². The maximum absolute atomic E-state index is 13.3. The van der Waals surface area contributed by atoms with Crippen LogP contribution >= 0.6 is 0 Å². The standard InChI is InChI=1S/C24H37N3O6S/c1-17(2)23(24(29)25-14-19-6-4-12-32-19)27(16-20-7-5-13-33-20)22(28)15-26-34(30,31)21-10-8-18(3)9-11-21/h8-11,17,19-20,23,26H,4-7,12-16H2,1-3H3,(H,25,29)/t19-,20-,23+/m0/s1. The SMILES string of the molecule is Cc1ccc(S(=O)(=O)NCC(=O)N(C[C@@H]2CCCO2)[C@@H](C(=O)NC[C@@H]2CCCO2)C(C)C)cc1. The van der Waals surface area contributed by atoms with E-state index in [9.17, 15) is 18.0 Å². The van der Waals surface area contributed by atoms with E-state index in [2.05, 4.69) is 10.0 Å². The Morgan fingerprint density at radius 3 is 2.24 bits per heavy atom. The van der Waals surface area contributed by atoms with Gasteiger partial charge in [0.1, 0.15) is 6.04 Å². The third kappa shape index (κ3) is 7.24. The molecule has 2 aliphatic heterocycles. The summed E-state index contributed by atoms with van der Waals surface area (Å²) in [4.78, 5) is 28.1. The molecule has 190 valence electrons. The average Bonchev–Trinajstić information content (AvgIpc) is 3.50. The highest BCUT2D eigenvalue weighted by Gasteiger charge is 2.35. The summed E-state index contributed by atoms with van der Waals surface area (Å²) in [7, 11) is -3.87. The zero-order valence-electron chi connectivity index (χ0n) is 20.3. The molecule has 0 radical (unpaired) electrons. The first-order chi connectivity index (χ1) is 16.2. The molecule has 0 aromatic heterocycles. The summed E-state index contributed by atoms with van der Waals surface area (Å²) in [5.74, 6) is -0.904. The number of carbonyl (C=O) groups is 2. The summed E-state index contributed by atoms with van der Waals surface area (Å²) in [5, 5.41) is 2.93. The van der Waals surface area contributed by atoms with E-state index in [0.717, 1.165) is 31.2 Å². The molecule has 2 saturated heterocycles. The van der Waals surface area contributed by atoms with E-state index >= 15 is 0 Å². The van der Waals surface area contributed by atoms with Gasteiger partial charge in [0, 0.05) is 26.3 Å². The topological polar surface area (TPSA) is 114 Å². The fourth-order valence-electron chi connectivity index (χ4n) is 4.37. The van der Waals surface area contributed by atoms with Crippen molar-refractivity contribution in [2.24, 2.45) is 5.92 Å². The van der Waals surface area contributed by atoms with Gasteiger partial charge in [0.05, 0.1) is 23.6 Å². The summed E-state index contributed by atoms with van der Waals surface area (Å²) in [5.41, 5.74) is 0.937. The molecule has 0 unspecified atom stereocenters. The molecule has 2 N–H and O–H groups in total. The van der Waals surface area contributed by atoms with E-state index in [1.807, 2.05) is 20.8 Å². The third-order valence-electron chi connectivity index (χ3n) is 6.25. The first-order valence-corrected chi connectivity index (χ1v) is 13.5. The Hall–Kier alpha value is -2.01. The molecule has 10 heteroatoms. The first-order valence-electron chi connectivity index (χ1n) is 12.0. The number of hydrogen-bond acceptors (Lipinski definition) is 6. The molecule has 2 amide bonds. The van der Waals surface area contributed by atoms with Crippen molar-refractivity contribution in [2.45, 2.75) is 69.6 Å². The predicted octanol–water partition coefficient (Wildman–Crippen LogP) is 1.60. The highest BCUT2D eigenvalue weighted by atomic mass is 32.2. The highest BCUT2D eigenvalue weighted by Crippen LogP contribution is 2.19. The van der Waals surface area contributed by atoms with Gasteiger partial charge >= 0.3 is 0 Å². The lowest BCUT2D eigenvalue weighted by atomic mass is 10.00. The Labute approximate surface area is 202 Å². The second kappa shape index (κ2) is 12.1. The van der Waals surface area contributed by atoms with Gasteiger partial charge in [-0.3, -0.25) is 9.59 Å². The van der Waals surface area contributed by atoms with Crippen LogP contribution in [0, 0.1) is 12.8 Å². The van der Waals surface area contributed by atoms with Crippen molar-refractivity contribution in [3.05, 3.63) is 29.8 Å². The number of hydrogen-bond donors (Lipinski definition) is 2. The van der Waals surface area contributed by atoms with Crippen molar-refractivity contribution in [2.75, 3.05) is 32.8 Å². The van der Waals surface area contributed by atoms with Crippen LogP contribution in [0.3, 0.4) is 0 Å². The van der Waals surface area contributed by atoms with Gasteiger partial charge in [-0.1, -0.05) is 31.5 Å². The molecule has 2 aliphatic rings. The smallest absolute Gasteiger partial charge is 0.243 e. The Morgan fingerprint density at radius 2 is 1.68 bits per heavy atom. The van der Waals surface area contributed by atoms with Crippen LogP contribution in [-0.4, -0.2) is 76.2 Å². The number of benzene rings is 1. The van der Waals surface area contributed by atoms with E-state index in [4.69, 9.17) is 9.47 Å². The third-order valence-corrected chi connectivity index (χ3v) is 7.67. The van der Waals surface area contributed by atoms with Crippen molar-refractivity contribution < 1.29 is 27.5 Å². The maximum Gasteiger partial charge on any atom is 0.243 e. The van der Waals surface area contributed by atoms with E-state index < -0.39 is 28.5 Å².